The Labute approximate surface area is 167 Å². The largest absolute Gasteiger partial charge is 0.507 e. The topological polar surface area (TPSA) is 37.3 Å². The molecule has 7 heteroatoms. The van der Waals surface area contributed by atoms with Crippen LogP contribution in [-0.2, 0) is 11.0 Å². The number of carbonyl (C=O) groups excluding carboxylic acids is 1. The molecule has 154 valence electrons. The zero-order chi connectivity index (χ0) is 21.9. The number of benzene rings is 1. The molecule has 0 amide bonds. The van der Waals surface area contributed by atoms with E-state index in [9.17, 15) is 23.1 Å². The van der Waals surface area contributed by atoms with Crippen molar-refractivity contribution in [2.45, 2.75) is 64.0 Å². The molecule has 28 heavy (non-hydrogen) atoms. The lowest BCUT2D eigenvalue weighted by molar-refractivity contribution is -0.137. The van der Waals surface area contributed by atoms with Crippen LogP contribution in [0.2, 0.25) is 43.9 Å². The van der Waals surface area contributed by atoms with E-state index in [1.54, 1.807) is 0 Å². The minimum atomic E-state index is -4.44. The van der Waals surface area contributed by atoms with E-state index in [4.69, 9.17) is 0 Å². The van der Waals surface area contributed by atoms with E-state index < -0.39 is 32.5 Å². The lowest BCUT2D eigenvalue weighted by Crippen LogP contribution is -2.58. The Balaban J connectivity index is 2.72. The first-order valence-corrected chi connectivity index (χ1v) is 16.3. The van der Waals surface area contributed by atoms with Gasteiger partial charge in [0.05, 0.1) is 27.3 Å². The Morgan fingerprint density at radius 3 is 1.68 bits per heavy atom. The molecular weight excluding hydrogens is 397 g/mol. The molecule has 2 nitrogen and oxygen atoms in total. The van der Waals surface area contributed by atoms with Crippen molar-refractivity contribution >= 4 is 27.7 Å². The molecule has 0 aliphatic heterocycles. The number of alkyl halides is 3. The Morgan fingerprint density at radius 1 is 0.929 bits per heavy atom. The number of carbonyl (C=O) groups is 1. The van der Waals surface area contributed by atoms with Gasteiger partial charge in [-0.25, -0.2) is 0 Å². The maximum Gasteiger partial charge on any atom is 0.416 e. The Kier molecular flexibility index (Phi) is 5.45. The van der Waals surface area contributed by atoms with Crippen LogP contribution in [0.5, 0.6) is 0 Å². The quantitative estimate of drug-likeness (QED) is 0.326. The molecule has 0 unspecified atom stereocenters. The second-order valence-corrected chi connectivity index (χ2v) is 20.6. The molecule has 0 spiro atoms. The normalized spacial score (nSPS) is 20.0. The number of ketones is 1. The second kappa shape index (κ2) is 6.73. The van der Waals surface area contributed by atoms with Crippen LogP contribution in [0.3, 0.4) is 0 Å². The third-order valence-corrected chi connectivity index (χ3v) is 16.2. The Morgan fingerprint density at radius 2 is 1.36 bits per heavy atom. The SMILES string of the molecule is CC1=C(C)C([Si](C)(C)C)([Si](C)(C)C)C(=O)/C1=C(/O)c1ccc(C(F)(F)F)cc1. The van der Waals surface area contributed by atoms with Crippen LogP contribution in [0.1, 0.15) is 25.0 Å². The fourth-order valence-electron chi connectivity index (χ4n) is 5.17. The van der Waals surface area contributed by atoms with Crippen LogP contribution < -0.4 is 0 Å². The first kappa shape index (κ1) is 22.7. The average molecular weight is 427 g/mol. The van der Waals surface area contributed by atoms with E-state index >= 15 is 0 Å². The lowest BCUT2D eigenvalue weighted by Gasteiger charge is -2.49. The highest BCUT2D eigenvalue weighted by atomic mass is 28.4. The molecule has 1 aliphatic carbocycles. The summed E-state index contributed by atoms with van der Waals surface area (Å²) in [4.78, 5) is 13.8. The predicted molar refractivity (Wildman–Crippen MR) is 114 cm³/mol. The summed E-state index contributed by atoms with van der Waals surface area (Å²) in [5.41, 5.74) is 1.48. The molecule has 0 atom stereocenters. The lowest BCUT2D eigenvalue weighted by atomic mass is 10.0. The average Bonchev–Trinajstić information content (AvgIpc) is 2.72. The Bertz CT molecular complexity index is 851. The minimum absolute atomic E-state index is 0.0572. The highest BCUT2D eigenvalue weighted by molar-refractivity contribution is 7.04. The van der Waals surface area contributed by atoms with E-state index in [1.165, 1.54) is 12.1 Å². The van der Waals surface area contributed by atoms with Gasteiger partial charge in [-0.15, -0.1) is 0 Å². The van der Waals surface area contributed by atoms with Crippen molar-refractivity contribution in [3.8, 4) is 0 Å². The van der Waals surface area contributed by atoms with Crippen molar-refractivity contribution in [2.75, 3.05) is 0 Å². The van der Waals surface area contributed by atoms with Gasteiger partial charge in [0.25, 0.3) is 0 Å². The number of hydrogen-bond donors (Lipinski definition) is 1. The van der Waals surface area contributed by atoms with Crippen LogP contribution in [-0.4, -0.2) is 27.0 Å². The fraction of sp³-hybridized carbons (Fsp3) is 0.476. The molecule has 0 saturated heterocycles. The maximum absolute atomic E-state index is 13.8. The van der Waals surface area contributed by atoms with Crippen molar-refractivity contribution in [1.82, 2.24) is 0 Å². The zero-order valence-electron chi connectivity index (χ0n) is 17.8. The smallest absolute Gasteiger partial charge is 0.416 e. The summed E-state index contributed by atoms with van der Waals surface area (Å²) in [5.74, 6) is -0.285. The molecular formula is C21H29F3O2Si2. The summed E-state index contributed by atoms with van der Waals surface area (Å²) in [5, 5.41) is 10.9. The summed E-state index contributed by atoms with van der Waals surface area (Å²) in [6.45, 7) is 16.9. The molecule has 0 aromatic heterocycles. The summed E-state index contributed by atoms with van der Waals surface area (Å²) in [6, 6.07) is 4.32. The van der Waals surface area contributed by atoms with E-state index in [-0.39, 0.29) is 22.7 Å². The third kappa shape index (κ3) is 3.22. The molecule has 0 radical (unpaired) electrons. The summed E-state index contributed by atoms with van der Waals surface area (Å²) >= 11 is 0. The molecule has 0 fully saturated rings. The maximum atomic E-state index is 13.8. The van der Waals surface area contributed by atoms with Crippen molar-refractivity contribution in [3.63, 3.8) is 0 Å². The van der Waals surface area contributed by atoms with Crippen LogP contribution in [0.15, 0.2) is 41.0 Å². The molecule has 1 N–H and O–H groups in total. The number of hydrogen-bond acceptors (Lipinski definition) is 2. The monoisotopic (exact) mass is 426 g/mol. The molecule has 1 aliphatic rings. The van der Waals surface area contributed by atoms with Gasteiger partial charge in [-0.2, -0.15) is 13.2 Å². The summed E-state index contributed by atoms with van der Waals surface area (Å²) < 4.78 is 37.9. The van der Waals surface area contributed by atoms with Crippen LogP contribution in [0, 0.1) is 0 Å². The van der Waals surface area contributed by atoms with Gasteiger partial charge >= 0.3 is 6.18 Å². The van der Waals surface area contributed by atoms with Crippen molar-refractivity contribution in [1.29, 1.82) is 0 Å². The first-order chi connectivity index (χ1) is 12.5. The van der Waals surface area contributed by atoms with Crippen molar-refractivity contribution in [3.05, 3.63) is 52.1 Å². The predicted octanol–water partition coefficient (Wildman–Crippen LogP) is 6.85. The van der Waals surface area contributed by atoms with Gasteiger partial charge in [0.15, 0.2) is 5.78 Å². The van der Waals surface area contributed by atoms with Crippen molar-refractivity contribution < 1.29 is 23.1 Å². The zero-order valence-corrected chi connectivity index (χ0v) is 19.8. The van der Waals surface area contributed by atoms with Gasteiger partial charge in [0.1, 0.15) is 5.76 Å². The van der Waals surface area contributed by atoms with Crippen LogP contribution in [0.4, 0.5) is 13.2 Å². The molecule has 0 heterocycles. The van der Waals surface area contributed by atoms with Gasteiger partial charge in [-0.05, 0) is 31.6 Å². The number of Topliss-reactive ketones (excluding diaryl/α,β-unsaturated/α-hetero) is 1. The second-order valence-electron chi connectivity index (χ2n) is 9.63. The van der Waals surface area contributed by atoms with Gasteiger partial charge in [0, 0.05) is 10.2 Å². The number of allylic oxidation sites excluding steroid dienone is 3. The number of rotatable bonds is 3. The highest BCUT2D eigenvalue weighted by Crippen LogP contribution is 2.60. The molecule has 0 saturated carbocycles. The third-order valence-electron chi connectivity index (χ3n) is 6.04. The summed E-state index contributed by atoms with van der Waals surface area (Å²) in [6.07, 6.45) is -4.44. The van der Waals surface area contributed by atoms with Gasteiger partial charge in [-0.3, -0.25) is 4.79 Å². The number of aliphatic hydroxyl groups is 1. The number of aliphatic hydroxyl groups excluding tert-OH is 1. The fourth-order valence-corrected chi connectivity index (χ4v) is 18.4. The van der Waals surface area contributed by atoms with E-state index in [1.807, 2.05) is 13.8 Å². The summed E-state index contributed by atoms with van der Waals surface area (Å²) in [7, 11) is -4.08. The van der Waals surface area contributed by atoms with E-state index in [0.29, 0.717) is 0 Å². The van der Waals surface area contributed by atoms with E-state index in [0.717, 1.165) is 23.3 Å². The Hall–Kier alpha value is -1.61. The van der Waals surface area contributed by atoms with Crippen LogP contribution in [0.25, 0.3) is 5.76 Å². The molecule has 0 bridgehead atoms. The van der Waals surface area contributed by atoms with Crippen LogP contribution >= 0.6 is 0 Å². The van der Waals surface area contributed by atoms with Gasteiger partial charge in [0.2, 0.25) is 0 Å². The minimum Gasteiger partial charge on any atom is -0.507 e. The van der Waals surface area contributed by atoms with Gasteiger partial charge < -0.3 is 5.11 Å². The van der Waals surface area contributed by atoms with Crippen molar-refractivity contribution in [2.24, 2.45) is 0 Å². The van der Waals surface area contributed by atoms with Gasteiger partial charge in [-0.1, -0.05) is 57.0 Å². The van der Waals surface area contributed by atoms with E-state index in [2.05, 4.69) is 39.3 Å². The molecule has 2 rings (SSSR count). The standard InChI is InChI=1S/C21H29F3O2Si2/c1-13-14(2)20(27(3,4)5,28(6,7)8)19(26)17(13)18(25)15-9-11-16(12-10-15)21(22,23)24/h9-12,25H,1-8H3/b18-17+. The highest BCUT2D eigenvalue weighted by Gasteiger charge is 2.63. The first-order valence-electron chi connectivity index (χ1n) is 9.32. The molecule has 1 aromatic carbocycles. The molecule has 1 aromatic rings. The number of halogens is 3.